The second-order valence-corrected chi connectivity index (χ2v) is 4.39. The summed E-state index contributed by atoms with van der Waals surface area (Å²) in [5.74, 6) is -0.501. The number of aromatic nitrogens is 1. The Kier molecular flexibility index (Phi) is 2.40. The van der Waals surface area contributed by atoms with Gasteiger partial charge in [0.05, 0.1) is 5.56 Å². The minimum Gasteiger partial charge on any atom is -0.312 e. The number of hydrogen-bond acceptors (Lipinski definition) is 4. The summed E-state index contributed by atoms with van der Waals surface area (Å²) < 4.78 is 0. The van der Waals surface area contributed by atoms with Crippen LogP contribution in [-0.2, 0) is 0 Å². The average Bonchev–Trinajstić information content (AvgIpc) is 3.13. The van der Waals surface area contributed by atoms with Crippen molar-refractivity contribution in [2.24, 2.45) is 0 Å². The lowest BCUT2D eigenvalue weighted by molar-refractivity contribution is 0.0653. The molecule has 2 aliphatic rings. The molecule has 0 aromatic carbocycles. The number of fused-ring (bicyclic) bond motifs is 1. The second kappa shape index (κ2) is 3.92. The number of imide groups is 1. The van der Waals surface area contributed by atoms with Gasteiger partial charge in [-0.25, -0.2) is 0 Å². The van der Waals surface area contributed by atoms with Crippen LogP contribution >= 0.6 is 0 Å². The van der Waals surface area contributed by atoms with Crippen LogP contribution in [0.1, 0.15) is 33.7 Å². The fraction of sp³-hybridized carbons (Fsp3) is 0.417. The van der Waals surface area contributed by atoms with Crippen molar-refractivity contribution in [3.05, 3.63) is 29.6 Å². The molecule has 5 heteroatoms. The van der Waals surface area contributed by atoms with Gasteiger partial charge >= 0.3 is 0 Å². The van der Waals surface area contributed by atoms with Gasteiger partial charge in [-0.3, -0.25) is 19.5 Å². The van der Waals surface area contributed by atoms with Crippen LogP contribution in [0.5, 0.6) is 0 Å². The van der Waals surface area contributed by atoms with Crippen molar-refractivity contribution in [3.63, 3.8) is 0 Å². The Balaban J connectivity index is 1.70. The summed E-state index contributed by atoms with van der Waals surface area (Å²) >= 11 is 0. The fourth-order valence-electron chi connectivity index (χ4n) is 1.98. The number of nitrogens with one attached hydrogen (secondary N) is 1. The summed E-state index contributed by atoms with van der Waals surface area (Å²) in [5.41, 5.74) is 0.702. The molecule has 1 aliphatic carbocycles. The number of amides is 2. The summed E-state index contributed by atoms with van der Waals surface area (Å²) in [5, 5.41) is 3.28. The van der Waals surface area contributed by atoms with Crippen LogP contribution in [0.2, 0.25) is 0 Å². The van der Waals surface area contributed by atoms with Crippen molar-refractivity contribution < 1.29 is 9.59 Å². The topological polar surface area (TPSA) is 62.3 Å². The molecule has 1 fully saturated rings. The summed E-state index contributed by atoms with van der Waals surface area (Å²) in [6, 6.07) is 3.91. The van der Waals surface area contributed by atoms with Gasteiger partial charge in [-0.15, -0.1) is 0 Å². The third kappa shape index (κ3) is 1.82. The van der Waals surface area contributed by atoms with Crippen LogP contribution in [0, 0.1) is 0 Å². The van der Waals surface area contributed by atoms with E-state index in [1.807, 2.05) is 0 Å². The molecule has 0 bridgehead atoms. The van der Waals surface area contributed by atoms with Crippen LogP contribution in [0.4, 0.5) is 0 Å². The molecule has 1 saturated carbocycles. The minimum atomic E-state index is -0.275. The first-order valence-electron chi connectivity index (χ1n) is 5.82. The molecule has 0 radical (unpaired) electrons. The van der Waals surface area contributed by atoms with Crippen LogP contribution in [0.25, 0.3) is 0 Å². The summed E-state index contributed by atoms with van der Waals surface area (Å²) in [7, 11) is 0. The van der Waals surface area contributed by atoms with Gasteiger partial charge in [0.1, 0.15) is 5.69 Å². The Morgan fingerprint density at radius 1 is 1.35 bits per heavy atom. The van der Waals surface area contributed by atoms with E-state index >= 15 is 0 Å². The van der Waals surface area contributed by atoms with E-state index in [2.05, 4.69) is 10.3 Å². The molecule has 17 heavy (non-hydrogen) atoms. The van der Waals surface area contributed by atoms with Gasteiger partial charge in [0.2, 0.25) is 0 Å². The van der Waals surface area contributed by atoms with Crippen LogP contribution in [0.3, 0.4) is 0 Å². The Morgan fingerprint density at radius 3 is 2.88 bits per heavy atom. The van der Waals surface area contributed by atoms with Crippen molar-refractivity contribution in [2.45, 2.75) is 18.9 Å². The van der Waals surface area contributed by atoms with Crippen molar-refractivity contribution in [1.82, 2.24) is 15.2 Å². The van der Waals surface area contributed by atoms with E-state index in [4.69, 9.17) is 0 Å². The van der Waals surface area contributed by atoms with Crippen LogP contribution in [0.15, 0.2) is 18.3 Å². The molecule has 1 aliphatic heterocycles. The highest BCUT2D eigenvalue weighted by atomic mass is 16.2. The first-order chi connectivity index (χ1) is 8.27. The summed E-state index contributed by atoms with van der Waals surface area (Å²) in [6.07, 6.45) is 3.93. The Labute approximate surface area is 98.8 Å². The molecule has 3 rings (SSSR count). The third-order valence-electron chi connectivity index (χ3n) is 3.08. The van der Waals surface area contributed by atoms with Gasteiger partial charge in [-0.05, 0) is 25.0 Å². The predicted molar refractivity (Wildman–Crippen MR) is 60.6 cm³/mol. The molecule has 1 N–H and O–H groups in total. The summed E-state index contributed by atoms with van der Waals surface area (Å²) in [6.45, 7) is 1.08. The molecule has 2 amide bonds. The maximum Gasteiger partial charge on any atom is 0.280 e. The number of carbonyl (C=O) groups excluding carboxylic acids is 2. The molecule has 2 heterocycles. The zero-order valence-corrected chi connectivity index (χ0v) is 9.35. The van der Waals surface area contributed by atoms with E-state index < -0.39 is 0 Å². The van der Waals surface area contributed by atoms with Crippen molar-refractivity contribution in [2.75, 3.05) is 13.1 Å². The van der Waals surface area contributed by atoms with E-state index in [1.54, 1.807) is 12.1 Å². The normalized spacial score (nSPS) is 18.7. The number of hydrogen-bond donors (Lipinski definition) is 1. The smallest absolute Gasteiger partial charge is 0.280 e. The van der Waals surface area contributed by atoms with E-state index in [9.17, 15) is 9.59 Å². The van der Waals surface area contributed by atoms with Gasteiger partial charge in [-0.1, -0.05) is 0 Å². The highest BCUT2D eigenvalue weighted by molar-refractivity contribution is 6.20. The Morgan fingerprint density at radius 2 is 2.18 bits per heavy atom. The maximum absolute atomic E-state index is 11.9. The quantitative estimate of drug-likeness (QED) is 0.763. The van der Waals surface area contributed by atoms with E-state index in [-0.39, 0.29) is 17.5 Å². The predicted octanol–water partition coefficient (Wildman–Crippen LogP) is 0.430. The highest BCUT2D eigenvalue weighted by Crippen LogP contribution is 2.21. The lowest BCUT2D eigenvalue weighted by Gasteiger charge is -2.13. The molecule has 88 valence electrons. The van der Waals surface area contributed by atoms with Gasteiger partial charge in [0, 0.05) is 25.3 Å². The number of rotatable bonds is 4. The lowest BCUT2D eigenvalue weighted by Crippen LogP contribution is -2.36. The van der Waals surface area contributed by atoms with E-state index in [0.717, 1.165) is 0 Å². The minimum absolute atomic E-state index is 0.226. The van der Waals surface area contributed by atoms with Crippen molar-refractivity contribution in [1.29, 1.82) is 0 Å². The molecule has 0 spiro atoms. The van der Waals surface area contributed by atoms with Crippen LogP contribution < -0.4 is 5.32 Å². The van der Waals surface area contributed by atoms with Crippen molar-refractivity contribution >= 4 is 11.8 Å². The Hall–Kier alpha value is -1.75. The van der Waals surface area contributed by atoms with Gasteiger partial charge < -0.3 is 5.32 Å². The highest BCUT2D eigenvalue weighted by Gasteiger charge is 2.36. The summed E-state index contributed by atoms with van der Waals surface area (Å²) in [4.78, 5) is 29.1. The fourth-order valence-corrected chi connectivity index (χ4v) is 1.98. The SMILES string of the molecule is O=C1c2cccnc2C(=O)N1CCNC1CC1. The number of nitrogens with zero attached hydrogens (tertiary/aromatic N) is 2. The third-order valence-corrected chi connectivity index (χ3v) is 3.08. The van der Waals surface area contributed by atoms with Crippen molar-refractivity contribution in [3.8, 4) is 0 Å². The molecular formula is C12H13N3O2. The molecule has 0 atom stereocenters. The molecule has 1 aromatic heterocycles. The average molecular weight is 231 g/mol. The zero-order valence-electron chi connectivity index (χ0n) is 9.35. The standard InChI is InChI=1S/C12H13N3O2/c16-11-9-2-1-5-14-10(9)12(17)15(11)7-6-13-8-3-4-8/h1-2,5,8,13H,3-4,6-7H2. The largest absolute Gasteiger partial charge is 0.312 e. The van der Waals surface area contributed by atoms with E-state index in [1.165, 1.54) is 23.9 Å². The second-order valence-electron chi connectivity index (χ2n) is 4.39. The maximum atomic E-state index is 11.9. The number of pyridine rings is 1. The molecule has 0 unspecified atom stereocenters. The van der Waals surface area contributed by atoms with E-state index in [0.29, 0.717) is 24.7 Å². The van der Waals surface area contributed by atoms with Gasteiger partial charge in [-0.2, -0.15) is 0 Å². The number of carbonyl (C=O) groups is 2. The van der Waals surface area contributed by atoms with Crippen LogP contribution in [-0.4, -0.2) is 40.8 Å². The molecule has 5 nitrogen and oxygen atoms in total. The zero-order chi connectivity index (χ0) is 11.8. The first-order valence-corrected chi connectivity index (χ1v) is 5.82. The Bertz CT molecular complexity index is 447. The monoisotopic (exact) mass is 231 g/mol. The first kappa shape index (κ1) is 10.4. The lowest BCUT2D eigenvalue weighted by atomic mass is 10.2. The molecule has 0 saturated heterocycles. The van der Waals surface area contributed by atoms with Gasteiger partial charge in [0.15, 0.2) is 0 Å². The molecule has 1 aromatic rings. The molecular weight excluding hydrogens is 218 g/mol. The van der Waals surface area contributed by atoms with Gasteiger partial charge in [0.25, 0.3) is 11.8 Å².